The molecule has 0 aliphatic heterocycles. The van der Waals surface area contributed by atoms with Gasteiger partial charge in [-0.3, -0.25) is 9.10 Å². The van der Waals surface area contributed by atoms with Crippen LogP contribution in [0.25, 0.3) is 0 Å². The Labute approximate surface area is 163 Å². The van der Waals surface area contributed by atoms with Crippen molar-refractivity contribution in [3.8, 4) is 0 Å². The van der Waals surface area contributed by atoms with Gasteiger partial charge in [0.1, 0.15) is 5.82 Å². The molecule has 3 aromatic carbocycles. The molecular weight excluding hydrogens is 379 g/mol. The van der Waals surface area contributed by atoms with Crippen molar-refractivity contribution in [1.29, 1.82) is 0 Å². The largest absolute Gasteiger partial charge is 0.326 e. The minimum absolute atomic E-state index is 0.0152. The lowest BCUT2D eigenvalue weighted by Gasteiger charge is -2.19. The van der Waals surface area contributed by atoms with E-state index in [1.54, 1.807) is 48.5 Å². The molecule has 0 aliphatic rings. The maximum atomic E-state index is 13.2. The van der Waals surface area contributed by atoms with E-state index >= 15 is 0 Å². The van der Waals surface area contributed by atoms with Crippen LogP contribution in [0.4, 0.5) is 15.8 Å². The van der Waals surface area contributed by atoms with Gasteiger partial charge in [0.05, 0.1) is 17.0 Å². The number of halogens is 1. The van der Waals surface area contributed by atoms with Crippen LogP contribution in [0.2, 0.25) is 0 Å². The van der Waals surface area contributed by atoms with Crippen LogP contribution >= 0.6 is 0 Å². The molecule has 0 unspecified atom stereocenters. The number of nitrogens with zero attached hydrogens (tertiary/aromatic N) is 1. The summed E-state index contributed by atoms with van der Waals surface area (Å²) in [7, 11) is -2.31. The zero-order chi connectivity index (χ0) is 20.1. The van der Waals surface area contributed by atoms with E-state index in [-0.39, 0.29) is 17.2 Å². The van der Waals surface area contributed by atoms with Crippen molar-refractivity contribution in [3.63, 3.8) is 0 Å². The van der Waals surface area contributed by atoms with E-state index < -0.39 is 15.8 Å². The Bertz CT molecular complexity index is 1090. The number of carbonyl (C=O) groups excluding carboxylic acids is 1. The fraction of sp³-hybridized carbons (Fsp3) is 0.0952. The third-order valence-electron chi connectivity index (χ3n) is 4.15. The van der Waals surface area contributed by atoms with Crippen LogP contribution in [0.1, 0.15) is 5.56 Å². The van der Waals surface area contributed by atoms with Crippen molar-refractivity contribution in [2.45, 2.75) is 11.3 Å². The van der Waals surface area contributed by atoms with E-state index in [9.17, 15) is 17.6 Å². The normalized spacial score (nSPS) is 11.1. The average Bonchev–Trinajstić information content (AvgIpc) is 2.68. The van der Waals surface area contributed by atoms with Gasteiger partial charge < -0.3 is 5.32 Å². The second kappa shape index (κ2) is 8.22. The van der Waals surface area contributed by atoms with E-state index in [4.69, 9.17) is 0 Å². The zero-order valence-corrected chi connectivity index (χ0v) is 16.0. The monoisotopic (exact) mass is 398 g/mol. The highest BCUT2D eigenvalue weighted by Crippen LogP contribution is 2.23. The molecule has 0 aliphatic carbocycles. The molecule has 1 N–H and O–H groups in total. The Morgan fingerprint density at radius 2 is 1.68 bits per heavy atom. The van der Waals surface area contributed by atoms with Crippen LogP contribution in [-0.4, -0.2) is 21.4 Å². The van der Waals surface area contributed by atoms with E-state index in [2.05, 4.69) is 5.32 Å². The van der Waals surface area contributed by atoms with Crippen molar-refractivity contribution >= 4 is 27.3 Å². The number of anilines is 2. The molecule has 0 fully saturated rings. The molecular formula is C21H19FN2O3S. The maximum Gasteiger partial charge on any atom is 0.264 e. The van der Waals surface area contributed by atoms with Crippen LogP contribution in [0.3, 0.4) is 0 Å². The molecule has 0 aromatic heterocycles. The molecule has 5 nitrogen and oxygen atoms in total. The molecule has 1 amide bonds. The number of hydrogen-bond donors (Lipinski definition) is 1. The maximum absolute atomic E-state index is 13.2. The molecule has 0 heterocycles. The van der Waals surface area contributed by atoms with Gasteiger partial charge >= 0.3 is 0 Å². The van der Waals surface area contributed by atoms with Crippen LogP contribution in [0.15, 0.2) is 83.8 Å². The number of rotatable bonds is 6. The van der Waals surface area contributed by atoms with Gasteiger partial charge in [-0.15, -0.1) is 0 Å². The molecule has 0 spiro atoms. The van der Waals surface area contributed by atoms with Crippen LogP contribution in [-0.2, 0) is 21.2 Å². The first-order valence-corrected chi connectivity index (χ1v) is 9.98. The van der Waals surface area contributed by atoms with Crippen molar-refractivity contribution in [2.75, 3.05) is 16.7 Å². The van der Waals surface area contributed by atoms with E-state index in [1.165, 1.54) is 41.7 Å². The zero-order valence-electron chi connectivity index (χ0n) is 15.2. The topological polar surface area (TPSA) is 66.5 Å². The second-order valence-corrected chi connectivity index (χ2v) is 8.16. The quantitative estimate of drug-likeness (QED) is 0.686. The van der Waals surface area contributed by atoms with Gasteiger partial charge in [-0.05, 0) is 48.0 Å². The Kier molecular flexibility index (Phi) is 5.75. The predicted octanol–water partition coefficient (Wildman–Crippen LogP) is 3.83. The fourth-order valence-electron chi connectivity index (χ4n) is 2.71. The van der Waals surface area contributed by atoms with Crippen LogP contribution in [0.5, 0.6) is 0 Å². The van der Waals surface area contributed by atoms with E-state index in [1.807, 2.05) is 0 Å². The van der Waals surface area contributed by atoms with Gasteiger partial charge in [-0.25, -0.2) is 12.8 Å². The van der Waals surface area contributed by atoms with Gasteiger partial charge in [0.15, 0.2) is 0 Å². The van der Waals surface area contributed by atoms with Crippen molar-refractivity contribution in [3.05, 3.63) is 90.2 Å². The van der Waals surface area contributed by atoms with Gasteiger partial charge in [-0.1, -0.05) is 36.4 Å². The minimum atomic E-state index is -3.78. The summed E-state index contributed by atoms with van der Waals surface area (Å²) in [5.41, 5.74) is 1.41. The lowest BCUT2D eigenvalue weighted by atomic mass is 10.1. The molecule has 144 valence electrons. The summed E-state index contributed by atoms with van der Waals surface area (Å²) in [6, 6.07) is 20.5. The fourth-order valence-corrected chi connectivity index (χ4v) is 3.95. The molecule has 3 aromatic rings. The highest BCUT2D eigenvalue weighted by atomic mass is 32.2. The molecule has 7 heteroatoms. The molecule has 3 rings (SSSR count). The molecule has 0 saturated carbocycles. The molecule has 0 saturated heterocycles. The second-order valence-electron chi connectivity index (χ2n) is 6.19. The summed E-state index contributed by atoms with van der Waals surface area (Å²) < 4.78 is 40.2. The third-order valence-corrected chi connectivity index (χ3v) is 5.93. The van der Waals surface area contributed by atoms with Crippen molar-refractivity contribution in [2.24, 2.45) is 0 Å². The summed E-state index contributed by atoms with van der Waals surface area (Å²) in [6.07, 6.45) is -0.0152. The Balaban J connectivity index is 1.77. The number of hydrogen-bond acceptors (Lipinski definition) is 3. The van der Waals surface area contributed by atoms with Gasteiger partial charge in [0.2, 0.25) is 5.91 Å². The van der Waals surface area contributed by atoms with Crippen molar-refractivity contribution < 1.29 is 17.6 Å². The van der Waals surface area contributed by atoms with Crippen LogP contribution in [0, 0.1) is 5.82 Å². The summed E-state index contributed by atoms with van der Waals surface area (Å²) in [5.74, 6) is -0.779. The standard InChI is InChI=1S/C21H19FN2O3S/c1-24(19-10-3-2-4-11-19)28(26,27)20-12-6-9-18(15-20)23-21(25)14-16-7-5-8-17(22)13-16/h2-13,15H,14H2,1H3,(H,23,25). The first-order chi connectivity index (χ1) is 13.4. The average molecular weight is 398 g/mol. The summed E-state index contributed by atoms with van der Waals surface area (Å²) >= 11 is 0. The van der Waals surface area contributed by atoms with Crippen molar-refractivity contribution in [1.82, 2.24) is 0 Å². The smallest absolute Gasteiger partial charge is 0.264 e. The van der Waals surface area contributed by atoms with E-state index in [0.29, 0.717) is 16.9 Å². The van der Waals surface area contributed by atoms with Gasteiger partial charge in [-0.2, -0.15) is 0 Å². The number of benzene rings is 3. The SMILES string of the molecule is CN(c1ccccc1)S(=O)(=O)c1cccc(NC(=O)Cc2cccc(F)c2)c1. The molecule has 0 radical (unpaired) electrons. The summed E-state index contributed by atoms with van der Waals surface area (Å²) in [5, 5.41) is 2.66. The first kappa shape index (κ1) is 19.6. The first-order valence-electron chi connectivity index (χ1n) is 8.54. The van der Waals surface area contributed by atoms with Gasteiger partial charge in [0, 0.05) is 12.7 Å². The Hall–Kier alpha value is -3.19. The Morgan fingerprint density at radius 1 is 0.964 bits per heavy atom. The third kappa shape index (κ3) is 4.55. The lowest BCUT2D eigenvalue weighted by Crippen LogP contribution is -2.26. The predicted molar refractivity (Wildman–Crippen MR) is 107 cm³/mol. The van der Waals surface area contributed by atoms with Gasteiger partial charge in [0.25, 0.3) is 10.0 Å². The number of amides is 1. The van der Waals surface area contributed by atoms with Crippen LogP contribution < -0.4 is 9.62 Å². The van der Waals surface area contributed by atoms with E-state index in [0.717, 1.165) is 0 Å². The molecule has 28 heavy (non-hydrogen) atoms. The molecule has 0 bridgehead atoms. The minimum Gasteiger partial charge on any atom is -0.326 e. The number of carbonyl (C=O) groups is 1. The number of sulfonamides is 1. The highest BCUT2D eigenvalue weighted by Gasteiger charge is 2.21. The molecule has 0 atom stereocenters. The number of para-hydroxylation sites is 1. The number of nitrogens with one attached hydrogen (secondary N) is 1. The highest BCUT2D eigenvalue weighted by molar-refractivity contribution is 7.92. The Morgan fingerprint density at radius 3 is 2.39 bits per heavy atom. The summed E-state index contributed by atoms with van der Waals surface area (Å²) in [6.45, 7) is 0. The summed E-state index contributed by atoms with van der Waals surface area (Å²) in [4.78, 5) is 12.3. The lowest BCUT2D eigenvalue weighted by molar-refractivity contribution is -0.115.